The highest BCUT2D eigenvalue weighted by atomic mass is 32.2. The number of Topliss-reactive ketones (excluding diaryl/α,β-unsaturated/α-hetero) is 1. The molecule has 1 fully saturated rings. The maximum atomic E-state index is 13.6. The van der Waals surface area contributed by atoms with Gasteiger partial charge in [-0.1, -0.05) is 18.2 Å². The van der Waals surface area contributed by atoms with Gasteiger partial charge in [0.2, 0.25) is 0 Å². The molecule has 0 unspecified atom stereocenters. The molecule has 1 aliphatic carbocycles. The molecule has 5 nitrogen and oxygen atoms in total. The Balaban J connectivity index is 1.50. The van der Waals surface area contributed by atoms with Crippen LogP contribution >= 0.6 is 23.1 Å². The summed E-state index contributed by atoms with van der Waals surface area (Å²) in [5.41, 5.74) is 3.87. The number of carbonyl (C=O) groups is 2. The lowest BCUT2D eigenvalue weighted by atomic mass is 9.72. The summed E-state index contributed by atoms with van der Waals surface area (Å²) in [6.07, 6.45) is 5.10. The van der Waals surface area contributed by atoms with E-state index in [1.807, 2.05) is 31.4 Å². The number of ketones is 1. The van der Waals surface area contributed by atoms with E-state index in [0.717, 1.165) is 41.1 Å². The molecule has 5 rings (SSSR count). The molecule has 7 heteroatoms. The zero-order valence-corrected chi connectivity index (χ0v) is 21.1. The van der Waals surface area contributed by atoms with E-state index in [0.29, 0.717) is 24.2 Å². The zero-order valence-electron chi connectivity index (χ0n) is 19.5. The molecule has 1 saturated heterocycles. The number of thiophene rings is 1. The van der Waals surface area contributed by atoms with Gasteiger partial charge in [0.25, 0.3) is 0 Å². The van der Waals surface area contributed by atoms with Crippen molar-refractivity contribution in [3.8, 4) is 0 Å². The summed E-state index contributed by atoms with van der Waals surface area (Å²) in [6.45, 7) is 2.87. The minimum Gasteiger partial charge on any atom is -0.459 e. The van der Waals surface area contributed by atoms with E-state index < -0.39 is 5.92 Å². The maximum absolute atomic E-state index is 13.6. The third-order valence-electron chi connectivity index (χ3n) is 6.87. The molecule has 0 amide bonds. The largest absolute Gasteiger partial charge is 0.459 e. The number of benzene rings is 1. The number of ether oxygens (including phenoxy) is 2. The van der Waals surface area contributed by atoms with Crippen LogP contribution in [0.15, 0.2) is 69.2 Å². The van der Waals surface area contributed by atoms with Gasteiger partial charge in [-0.05, 0) is 61.6 Å². The molecule has 2 aliphatic heterocycles. The fourth-order valence-corrected chi connectivity index (χ4v) is 6.42. The second-order valence-corrected chi connectivity index (χ2v) is 10.9. The van der Waals surface area contributed by atoms with Crippen molar-refractivity contribution >= 4 is 34.9 Å². The Morgan fingerprint density at radius 1 is 1.24 bits per heavy atom. The number of hydrogen-bond acceptors (Lipinski definition) is 7. The molecule has 0 saturated carbocycles. The average molecular weight is 496 g/mol. The fraction of sp³-hybridized carbons (Fsp3) is 0.407. The van der Waals surface area contributed by atoms with Crippen molar-refractivity contribution in [1.82, 2.24) is 5.32 Å². The number of carbonyl (C=O) groups excluding carboxylic acids is 2. The number of rotatable bonds is 6. The third-order valence-corrected chi connectivity index (χ3v) is 8.64. The number of esters is 1. The van der Waals surface area contributed by atoms with Gasteiger partial charge >= 0.3 is 5.97 Å². The van der Waals surface area contributed by atoms with Gasteiger partial charge in [-0.3, -0.25) is 4.79 Å². The smallest absolute Gasteiger partial charge is 0.336 e. The summed E-state index contributed by atoms with van der Waals surface area (Å²) in [5, 5.41) is 5.49. The highest BCUT2D eigenvalue weighted by Crippen LogP contribution is 2.46. The summed E-state index contributed by atoms with van der Waals surface area (Å²) in [7, 11) is 0. The molecule has 3 atom stereocenters. The van der Waals surface area contributed by atoms with E-state index in [-0.39, 0.29) is 30.4 Å². The Morgan fingerprint density at radius 3 is 2.74 bits per heavy atom. The summed E-state index contributed by atoms with van der Waals surface area (Å²) in [4.78, 5) is 29.4. The Morgan fingerprint density at radius 2 is 2.06 bits per heavy atom. The summed E-state index contributed by atoms with van der Waals surface area (Å²) in [6, 6.07) is 12.3. The number of nitrogens with one attached hydrogen (secondary N) is 1. The molecule has 34 heavy (non-hydrogen) atoms. The maximum Gasteiger partial charge on any atom is 0.336 e. The first kappa shape index (κ1) is 23.4. The Kier molecular flexibility index (Phi) is 6.95. The SMILES string of the molecule is CSc1ccc([C@@H]2C(C(=O)OC[C@H]3CCCO3)=C(C)NC3=C2C(=O)C[C@H](c2cccs2)C3)cc1. The van der Waals surface area contributed by atoms with Crippen molar-refractivity contribution in [3.63, 3.8) is 0 Å². The first-order valence-corrected chi connectivity index (χ1v) is 13.9. The van der Waals surface area contributed by atoms with Gasteiger partial charge in [-0.2, -0.15) is 0 Å². The van der Waals surface area contributed by atoms with Crippen LogP contribution in [0.3, 0.4) is 0 Å². The Labute approximate surface area is 208 Å². The van der Waals surface area contributed by atoms with Crippen LogP contribution in [0.2, 0.25) is 0 Å². The lowest BCUT2D eigenvalue weighted by molar-refractivity contribution is -0.142. The molecule has 0 spiro atoms. The minimum atomic E-state index is -0.430. The van der Waals surface area contributed by atoms with E-state index in [4.69, 9.17) is 9.47 Å². The van der Waals surface area contributed by atoms with E-state index in [1.165, 1.54) is 4.88 Å². The fourth-order valence-electron chi connectivity index (χ4n) is 5.19. The molecule has 0 radical (unpaired) electrons. The molecule has 1 aromatic carbocycles. The molecular formula is C27H29NO4S2. The van der Waals surface area contributed by atoms with Crippen molar-refractivity contribution in [1.29, 1.82) is 0 Å². The Hall–Kier alpha value is -2.35. The standard InChI is InChI=1S/C27H29NO4S2/c1-16-24(27(30)32-15-19-5-3-11-31-19)25(17-7-9-20(33-2)10-8-17)26-21(28-16)13-18(14-22(26)29)23-6-4-12-34-23/h4,6-10,12,18-19,25,28H,3,5,11,13-15H2,1-2H3/t18-,19-,25-/m1/s1. The van der Waals surface area contributed by atoms with Gasteiger partial charge in [-0.15, -0.1) is 23.1 Å². The lowest BCUT2D eigenvalue weighted by Crippen LogP contribution is -2.36. The van der Waals surface area contributed by atoms with Crippen molar-refractivity contribution in [2.45, 2.75) is 55.4 Å². The third kappa shape index (κ3) is 4.61. The first-order chi connectivity index (χ1) is 16.5. The van der Waals surface area contributed by atoms with Crippen LogP contribution < -0.4 is 5.32 Å². The quantitative estimate of drug-likeness (QED) is 0.419. The van der Waals surface area contributed by atoms with Gasteiger partial charge < -0.3 is 14.8 Å². The number of allylic oxidation sites excluding steroid dienone is 3. The lowest BCUT2D eigenvalue weighted by Gasteiger charge is -2.36. The number of thioether (sulfide) groups is 1. The minimum absolute atomic E-state index is 0.0432. The molecule has 1 N–H and O–H groups in total. The summed E-state index contributed by atoms with van der Waals surface area (Å²) >= 11 is 3.36. The number of hydrogen-bond donors (Lipinski definition) is 1. The van der Waals surface area contributed by atoms with Gasteiger partial charge in [0.1, 0.15) is 6.61 Å². The van der Waals surface area contributed by atoms with E-state index >= 15 is 0 Å². The van der Waals surface area contributed by atoms with Crippen LogP contribution in [0.1, 0.15) is 54.9 Å². The van der Waals surface area contributed by atoms with Gasteiger partial charge in [0.15, 0.2) is 5.78 Å². The van der Waals surface area contributed by atoms with E-state index in [2.05, 4.69) is 28.9 Å². The van der Waals surface area contributed by atoms with Crippen molar-refractivity contribution in [2.75, 3.05) is 19.5 Å². The summed E-state index contributed by atoms with van der Waals surface area (Å²) < 4.78 is 11.4. The normalized spacial score (nSPS) is 24.8. The van der Waals surface area contributed by atoms with Crippen LogP contribution in [-0.2, 0) is 19.1 Å². The van der Waals surface area contributed by atoms with Crippen LogP contribution in [-0.4, -0.2) is 37.3 Å². The van der Waals surface area contributed by atoms with Crippen molar-refractivity contribution in [2.24, 2.45) is 0 Å². The second-order valence-electron chi connectivity index (χ2n) is 9.04. The predicted molar refractivity (Wildman–Crippen MR) is 135 cm³/mol. The molecule has 178 valence electrons. The molecule has 1 aromatic heterocycles. The Bertz CT molecular complexity index is 1130. The summed E-state index contributed by atoms with van der Waals surface area (Å²) in [5.74, 6) is -0.540. The highest BCUT2D eigenvalue weighted by molar-refractivity contribution is 7.98. The molecule has 0 bridgehead atoms. The van der Waals surface area contributed by atoms with Gasteiger partial charge in [-0.25, -0.2) is 4.79 Å². The van der Waals surface area contributed by atoms with Crippen molar-refractivity contribution in [3.05, 3.63) is 74.8 Å². The van der Waals surface area contributed by atoms with Gasteiger partial charge in [0.05, 0.1) is 11.7 Å². The molecule has 2 aromatic rings. The molecular weight excluding hydrogens is 466 g/mol. The average Bonchev–Trinajstić information content (AvgIpc) is 3.56. The topological polar surface area (TPSA) is 64.6 Å². The van der Waals surface area contributed by atoms with Crippen LogP contribution in [0.5, 0.6) is 0 Å². The van der Waals surface area contributed by atoms with E-state index in [9.17, 15) is 9.59 Å². The zero-order chi connectivity index (χ0) is 23.7. The van der Waals surface area contributed by atoms with E-state index in [1.54, 1.807) is 23.1 Å². The molecule has 3 aliphatic rings. The monoisotopic (exact) mass is 495 g/mol. The molecule has 3 heterocycles. The van der Waals surface area contributed by atoms with Crippen LogP contribution in [0.4, 0.5) is 0 Å². The second kappa shape index (κ2) is 10.1. The predicted octanol–water partition coefficient (Wildman–Crippen LogP) is 5.55. The van der Waals surface area contributed by atoms with Gasteiger partial charge in [0, 0.05) is 51.6 Å². The number of dihydropyridines is 1. The first-order valence-electron chi connectivity index (χ1n) is 11.7. The van der Waals surface area contributed by atoms with Crippen LogP contribution in [0.25, 0.3) is 0 Å². The van der Waals surface area contributed by atoms with Crippen molar-refractivity contribution < 1.29 is 19.1 Å². The van der Waals surface area contributed by atoms with Crippen LogP contribution in [0, 0.1) is 0 Å². The highest BCUT2D eigenvalue weighted by Gasteiger charge is 2.41.